The molecule has 2 aromatic heterocycles. The van der Waals surface area contributed by atoms with Gasteiger partial charge in [0.2, 0.25) is 5.60 Å². The highest BCUT2D eigenvalue weighted by Gasteiger charge is 2.59. The quantitative estimate of drug-likeness (QED) is 0.181. The van der Waals surface area contributed by atoms with Crippen molar-refractivity contribution in [2.24, 2.45) is 5.92 Å². The number of nitriles is 1. The van der Waals surface area contributed by atoms with Crippen molar-refractivity contribution in [2.45, 2.75) is 63.6 Å². The number of nitrogens with zero attached hydrogens (tertiary/aromatic N) is 3. The van der Waals surface area contributed by atoms with Gasteiger partial charge in [-0.25, -0.2) is 9.60 Å². The molecule has 1 fully saturated rings. The molecule has 0 amide bonds. The average molecular weight is 586 g/mol. The summed E-state index contributed by atoms with van der Waals surface area (Å²) in [5, 5.41) is 39.4. The first-order valence-electron chi connectivity index (χ1n) is 13.5. The fourth-order valence-corrected chi connectivity index (χ4v) is 7.00. The van der Waals surface area contributed by atoms with E-state index in [2.05, 4.69) is 10.2 Å². The number of fused-ring (bicyclic) bond motifs is 1. The number of aromatic nitrogens is 2. The summed E-state index contributed by atoms with van der Waals surface area (Å²) in [6, 6.07) is 14.0. The molecule has 0 radical (unpaired) electrons. The van der Waals surface area contributed by atoms with E-state index in [-0.39, 0.29) is 24.0 Å². The van der Waals surface area contributed by atoms with E-state index in [1.165, 1.54) is 23.7 Å². The zero-order valence-corrected chi connectivity index (χ0v) is 24.1. The zero-order chi connectivity index (χ0) is 29.8. The lowest BCUT2D eigenvalue weighted by Crippen LogP contribution is -2.41. The number of hydrogen-bond acceptors (Lipinski definition) is 10. The van der Waals surface area contributed by atoms with Gasteiger partial charge in [-0.05, 0) is 43.2 Å². The fraction of sp³-hybridized carbons (Fsp3) is 0.464. The van der Waals surface area contributed by atoms with Crippen LogP contribution in [0.25, 0.3) is 5.52 Å². The van der Waals surface area contributed by atoms with E-state index < -0.39 is 49.6 Å². The molecule has 0 spiro atoms. The molecule has 0 aliphatic carbocycles. The Morgan fingerprint density at radius 2 is 1.95 bits per heavy atom. The van der Waals surface area contributed by atoms with Gasteiger partial charge < -0.3 is 29.9 Å². The van der Waals surface area contributed by atoms with Crippen molar-refractivity contribution in [3.8, 4) is 11.8 Å². The summed E-state index contributed by atoms with van der Waals surface area (Å²) in [6.07, 6.45) is -2.04. The lowest BCUT2D eigenvalue weighted by molar-refractivity contribution is -0.146. The van der Waals surface area contributed by atoms with Gasteiger partial charge in [-0.15, -0.1) is 0 Å². The van der Waals surface area contributed by atoms with Crippen molar-refractivity contribution < 1.29 is 33.6 Å². The summed E-state index contributed by atoms with van der Waals surface area (Å²) in [5.74, 6) is -0.162. The van der Waals surface area contributed by atoms with Crippen molar-refractivity contribution in [1.29, 1.82) is 5.26 Å². The number of esters is 1. The molecule has 1 aliphatic heterocycles. The second-order valence-electron chi connectivity index (χ2n) is 10.2. The van der Waals surface area contributed by atoms with Crippen molar-refractivity contribution >= 4 is 24.7 Å². The second kappa shape index (κ2) is 12.6. The number of nitrogens with one attached hydrogen (secondary N) is 1. The number of nitrogen functional groups attached to an aromatic ring is 1. The molecule has 6 atom stereocenters. The summed E-state index contributed by atoms with van der Waals surface area (Å²) in [5.41, 5.74) is 4.97. The first-order valence-corrected chi connectivity index (χ1v) is 15.3. The molecule has 0 saturated carbocycles. The Bertz CT molecular complexity index is 1440. The van der Waals surface area contributed by atoms with Crippen LogP contribution in [0.5, 0.6) is 5.75 Å². The van der Waals surface area contributed by atoms with Crippen LogP contribution in [0.4, 0.5) is 5.69 Å². The molecule has 3 aromatic rings. The molecular formula is C28H36N5O7P. The Hall–Kier alpha value is -3.46. The maximum atomic E-state index is 14.3. The maximum absolute atomic E-state index is 14.3. The Kier molecular flexibility index (Phi) is 9.37. The molecular weight excluding hydrogens is 549 g/mol. The molecule has 1 aromatic carbocycles. The minimum absolute atomic E-state index is 0.140. The number of aliphatic hydroxyl groups excluding tert-OH is 2. The van der Waals surface area contributed by atoms with E-state index in [9.17, 15) is 24.8 Å². The monoisotopic (exact) mass is 585 g/mol. The smallest absolute Gasteiger partial charge is 0.323 e. The Morgan fingerprint density at radius 1 is 1.24 bits per heavy atom. The number of hydrogen-bond donors (Lipinski definition) is 4. The predicted molar refractivity (Wildman–Crippen MR) is 151 cm³/mol. The normalized spacial score (nSPS) is 24.6. The molecule has 220 valence electrons. The minimum atomic E-state index is -4.02. The van der Waals surface area contributed by atoms with E-state index in [1.54, 1.807) is 42.5 Å². The van der Waals surface area contributed by atoms with Gasteiger partial charge in [-0.2, -0.15) is 10.4 Å². The molecule has 1 saturated heterocycles. The topological polar surface area (TPSA) is 181 Å². The van der Waals surface area contributed by atoms with Gasteiger partial charge in [-0.3, -0.25) is 9.36 Å². The molecule has 1 aliphatic rings. The molecule has 12 nitrogen and oxygen atoms in total. The van der Waals surface area contributed by atoms with Gasteiger partial charge in [0.05, 0.1) is 29.7 Å². The SMILES string of the molecule is CCC(CC)COC(=O)[C@H](C)N[P@](=O)(C[C@H]1O[C@@](C#N)(c2ccc3c(N)ccnn23)[C@H](O)[C@@H]1O)Oc1ccccc1. The van der Waals surface area contributed by atoms with Gasteiger partial charge in [0.15, 0.2) is 0 Å². The summed E-state index contributed by atoms with van der Waals surface area (Å²) >= 11 is 0. The lowest BCUT2D eigenvalue weighted by Gasteiger charge is -2.27. The van der Waals surface area contributed by atoms with E-state index in [0.29, 0.717) is 11.2 Å². The van der Waals surface area contributed by atoms with Crippen LogP contribution in [0.2, 0.25) is 0 Å². The van der Waals surface area contributed by atoms with E-state index in [4.69, 9.17) is 19.7 Å². The summed E-state index contributed by atoms with van der Waals surface area (Å²) in [4.78, 5) is 12.8. The van der Waals surface area contributed by atoms with Crippen LogP contribution in [-0.4, -0.2) is 62.9 Å². The molecule has 13 heteroatoms. The number of benzene rings is 1. The van der Waals surface area contributed by atoms with Gasteiger partial charge in [0, 0.05) is 6.20 Å². The molecule has 0 bridgehead atoms. The first kappa shape index (κ1) is 30.5. The largest absolute Gasteiger partial charge is 0.464 e. The molecule has 5 N–H and O–H groups in total. The molecule has 41 heavy (non-hydrogen) atoms. The third kappa shape index (κ3) is 6.25. The van der Waals surface area contributed by atoms with Gasteiger partial charge in [0.1, 0.15) is 36.2 Å². The fourth-order valence-electron chi connectivity index (χ4n) is 4.85. The van der Waals surface area contributed by atoms with Crippen molar-refractivity contribution in [2.75, 3.05) is 18.5 Å². The van der Waals surface area contributed by atoms with Crippen molar-refractivity contribution in [1.82, 2.24) is 14.7 Å². The number of para-hydroxylation sites is 1. The maximum Gasteiger partial charge on any atom is 0.323 e. The number of aliphatic hydroxyl groups is 2. The lowest BCUT2D eigenvalue weighted by atomic mass is 9.93. The average Bonchev–Trinajstić information content (AvgIpc) is 3.50. The van der Waals surface area contributed by atoms with Crippen LogP contribution in [0, 0.1) is 17.2 Å². The Morgan fingerprint density at radius 3 is 2.61 bits per heavy atom. The molecule has 0 unspecified atom stereocenters. The number of carbonyl (C=O) groups excluding carboxylic acids is 1. The first-order chi connectivity index (χ1) is 19.6. The van der Waals surface area contributed by atoms with Gasteiger partial charge in [0.25, 0.3) is 0 Å². The van der Waals surface area contributed by atoms with E-state index >= 15 is 0 Å². The highest BCUT2D eigenvalue weighted by Crippen LogP contribution is 2.49. The van der Waals surface area contributed by atoms with Crippen LogP contribution in [-0.2, 0) is 24.4 Å². The van der Waals surface area contributed by atoms with Gasteiger partial charge >= 0.3 is 13.5 Å². The van der Waals surface area contributed by atoms with E-state index in [1.807, 2.05) is 19.9 Å². The predicted octanol–water partition coefficient (Wildman–Crippen LogP) is 2.99. The van der Waals surface area contributed by atoms with Crippen molar-refractivity contribution in [3.05, 3.63) is 60.4 Å². The molecule has 3 heterocycles. The van der Waals surface area contributed by atoms with Crippen LogP contribution in [0.3, 0.4) is 0 Å². The number of ether oxygens (including phenoxy) is 2. The standard InChI is InChI=1S/C28H36N5O7P/c1-4-19(5-2)15-38-27(36)18(3)32-41(37,40-20-9-7-6-8-10-20)16-23-25(34)26(35)28(17-29,39-23)24-12-11-22-21(30)13-14-31-33(22)24/h6-14,18-19,23,25-26,34-35H,4-5,15-16,30H2,1-3H3,(H,32,37)/t18-,23+,25+,26+,28-,41-/m0/s1. The minimum Gasteiger partial charge on any atom is -0.464 e. The third-order valence-corrected chi connectivity index (χ3v) is 9.50. The summed E-state index contributed by atoms with van der Waals surface area (Å²) < 4.78 is 33.0. The third-order valence-electron chi connectivity index (χ3n) is 7.37. The Balaban J connectivity index is 1.61. The van der Waals surface area contributed by atoms with E-state index in [0.717, 1.165) is 12.8 Å². The van der Waals surface area contributed by atoms with Crippen molar-refractivity contribution in [3.63, 3.8) is 0 Å². The number of nitrogens with two attached hydrogens (primary N) is 1. The second-order valence-corrected chi connectivity index (χ2v) is 12.3. The Labute approximate surface area is 238 Å². The number of anilines is 1. The van der Waals surface area contributed by atoms with Crippen LogP contribution < -0.4 is 15.3 Å². The zero-order valence-electron chi connectivity index (χ0n) is 23.2. The molecule has 4 rings (SSSR count). The summed E-state index contributed by atoms with van der Waals surface area (Å²) in [7, 11) is -4.02. The highest BCUT2D eigenvalue weighted by atomic mass is 31.2. The summed E-state index contributed by atoms with van der Waals surface area (Å²) in [6.45, 7) is 5.75. The number of rotatable bonds is 12. The van der Waals surface area contributed by atoms with Crippen LogP contribution in [0.15, 0.2) is 54.7 Å². The highest BCUT2D eigenvalue weighted by molar-refractivity contribution is 7.57. The van der Waals surface area contributed by atoms with Gasteiger partial charge in [-0.1, -0.05) is 44.9 Å². The van der Waals surface area contributed by atoms with Crippen LogP contribution in [0.1, 0.15) is 39.3 Å². The van der Waals surface area contributed by atoms with Crippen LogP contribution >= 0.6 is 7.52 Å². The number of carbonyl (C=O) groups is 1.